The molecule has 0 aromatic carbocycles. The van der Waals surface area contributed by atoms with Crippen LogP contribution in [0, 0.1) is 0 Å². The zero-order valence-corrected chi connectivity index (χ0v) is 15.3. The van der Waals surface area contributed by atoms with Gasteiger partial charge in [0.1, 0.15) is 11.5 Å². The van der Waals surface area contributed by atoms with Gasteiger partial charge < -0.3 is 19.7 Å². The number of hydrogen-bond donors (Lipinski definition) is 1. The first kappa shape index (κ1) is 17.5. The normalized spacial score (nSPS) is 15.4. The van der Waals surface area contributed by atoms with Gasteiger partial charge in [-0.3, -0.25) is 4.79 Å². The van der Waals surface area contributed by atoms with Gasteiger partial charge in [0.2, 0.25) is 0 Å². The molecule has 2 aromatic rings. The number of aryl methyl sites for hydroxylation is 2. The van der Waals surface area contributed by atoms with Gasteiger partial charge in [0.25, 0.3) is 5.56 Å². The molecule has 3 rings (SSSR count). The van der Waals surface area contributed by atoms with Crippen molar-refractivity contribution in [3.8, 4) is 0 Å². The van der Waals surface area contributed by atoms with Crippen molar-refractivity contribution in [2.45, 2.75) is 20.3 Å². The number of rotatable bonds is 5. The van der Waals surface area contributed by atoms with Crippen LogP contribution in [0.15, 0.2) is 35.4 Å². The van der Waals surface area contributed by atoms with Gasteiger partial charge in [0.05, 0.1) is 11.9 Å². The van der Waals surface area contributed by atoms with Crippen molar-refractivity contribution >= 4 is 17.2 Å². The minimum absolute atomic E-state index is 0.0428. The highest BCUT2D eigenvalue weighted by Crippen LogP contribution is 2.19. The van der Waals surface area contributed by atoms with Crippen LogP contribution >= 0.6 is 0 Å². The van der Waals surface area contributed by atoms with E-state index in [4.69, 9.17) is 0 Å². The van der Waals surface area contributed by atoms with Crippen LogP contribution < -0.4 is 15.8 Å². The minimum atomic E-state index is -0.0428. The lowest BCUT2D eigenvalue weighted by atomic mass is 10.2. The number of anilines is 3. The van der Waals surface area contributed by atoms with E-state index in [-0.39, 0.29) is 5.56 Å². The molecule has 0 bridgehead atoms. The molecule has 134 valence electrons. The average Bonchev–Trinajstić information content (AvgIpc) is 2.66. The van der Waals surface area contributed by atoms with Gasteiger partial charge in [-0.05, 0) is 36.7 Å². The van der Waals surface area contributed by atoms with Crippen molar-refractivity contribution in [3.63, 3.8) is 0 Å². The highest BCUT2D eigenvalue weighted by molar-refractivity contribution is 5.58. The standard InChI is InChI=1S/C19H27N5O/c1-4-15-12-17(19(25)22(3)14-15)21-18-7-6-16(13-20-18)24-10-8-23(5-2)9-11-24/h6-7,12-14H,4-5,8-11H2,1-3H3,(H,20,21). The van der Waals surface area contributed by atoms with E-state index in [2.05, 4.69) is 40.0 Å². The van der Waals surface area contributed by atoms with Gasteiger partial charge in [0.15, 0.2) is 0 Å². The molecule has 6 heteroatoms. The lowest BCUT2D eigenvalue weighted by Crippen LogP contribution is -2.46. The Morgan fingerprint density at radius 1 is 1.16 bits per heavy atom. The van der Waals surface area contributed by atoms with Gasteiger partial charge in [-0.15, -0.1) is 0 Å². The van der Waals surface area contributed by atoms with Crippen LogP contribution in [0.5, 0.6) is 0 Å². The summed E-state index contributed by atoms with van der Waals surface area (Å²) in [5.74, 6) is 0.696. The predicted octanol–water partition coefficient (Wildman–Crippen LogP) is 2.23. The number of pyridine rings is 2. The summed E-state index contributed by atoms with van der Waals surface area (Å²) in [6.45, 7) is 9.64. The summed E-state index contributed by atoms with van der Waals surface area (Å²) in [5, 5.41) is 3.16. The molecule has 25 heavy (non-hydrogen) atoms. The minimum Gasteiger partial charge on any atom is -0.368 e. The lowest BCUT2D eigenvalue weighted by Gasteiger charge is -2.35. The molecule has 0 saturated carbocycles. The SMILES string of the molecule is CCc1cc(Nc2ccc(N3CCN(CC)CC3)cn2)c(=O)n(C)c1. The van der Waals surface area contributed by atoms with Gasteiger partial charge in [-0.1, -0.05) is 13.8 Å². The Morgan fingerprint density at radius 2 is 1.92 bits per heavy atom. The zero-order valence-electron chi connectivity index (χ0n) is 15.3. The molecule has 3 heterocycles. The number of aromatic nitrogens is 2. The van der Waals surface area contributed by atoms with E-state index in [1.807, 2.05) is 24.5 Å². The molecule has 0 unspecified atom stereocenters. The number of likely N-dealkylation sites (N-methyl/N-ethyl adjacent to an activating group) is 1. The third kappa shape index (κ3) is 4.02. The first-order valence-corrected chi connectivity index (χ1v) is 9.00. The van der Waals surface area contributed by atoms with Crippen LogP contribution in [0.4, 0.5) is 17.2 Å². The average molecular weight is 341 g/mol. The molecule has 0 atom stereocenters. The smallest absolute Gasteiger partial charge is 0.274 e. The predicted molar refractivity (Wildman–Crippen MR) is 103 cm³/mol. The molecule has 0 radical (unpaired) electrons. The van der Waals surface area contributed by atoms with Crippen molar-refractivity contribution in [1.29, 1.82) is 0 Å². The van der Waals surface area contributed by atoms with Crippen molar-refractivity contribution in [3.05, 3.63) is 46.5 Å². The quantitative estimate of drug-likeness (QED) is 0.904. The van der Waals surface area contributed by atoms with E-state index >= 15 is 0 Å². The van der Waals surface area contributed by atoms with Crippen LogP contribution in [0.25, 0.3) is 0 Å². The molecule has 1 aliphatic rings. The maximum absolute atomic E-state index is 12.3. The molecule has 2 aromatic heterocycles. The Labute approximate surface area is 149 Å². The molecule has 1 fully saturated rings. The first-order chi connectivity index (χ1) is 12.1. The fourth-order valence-electron chi connectivity index (χ4n) is 3.17. The van der Waals surface area contributed by atoms with E-state index in [0.29, 0.717) is 11.5 Å². The first-order valence-electron chi connectivity index (χ1n) is 9.00. The second-order valence-electron chi connectivity index (χ2n) is 6.48. The fourth-order valence-corrected chi connectivity index (χ4v) is 3.17. The third-order valence-electron chi connectivity index (χ3n) is 4.84. The van der Waals surface area contributed by atoms with E-state index in [0.717, 1.165) is 50.4 Å². The van der Waals surface area contributed by atoms with Gasteiger partial charge >= 0.3 is 0 Å². The van der Waals surface area contributed by atoms with Crippen LogP contribution in [-0.4, -0.2) is 47.2 Å². The topological polar surface area (TPSA) is 53.4 Å². The second-order valence-corrected chi connectivity index (χ2v) is 6.48. The maximum atomic E-state index is 12.3. The van der Waals surface area contributed by atoms with Gasteiger partial charge in [0, 0.05) is 39.4 Å². The number of piperazine rings is 1. The van der Waals surface area contributed by atoms with E-state index in [1.54, 1.807) is 11.6 Å². The highest BCUT2D eigenvalue weighted by atomic mass is 16.1. The molecule has 0 aliphatic carbocycles. The Bertz CT molecular complexity index is 760. The van der Waals surface area contributed by atoms with Gasteiger partial charge in [-0.25, -0.2) is 4.98 Å². The summed E-state index contributed by atoms with van der Waals surface area (Å²) >= 11 is 0. The van der Waals surface area contributed by atoms with Crippen LogP contribution in [-0.2, 0) is 13.5 Å². The highest BCUT2D eigenvalue weighted by Gasteiger charge is 2.16. The molecular formula is C19H27N5O. The van der Waals surface area contributed by atoms with E-state index in [1.165, 1.54) is 0 Å². The Kier molecular flexibility index (Phi) is 5.38. The van der Waals surface area contributed by atoms with Crippen molar-refractivity contribution in [2.24, 2.45) is 7.05 Å². The lowest BCUT2D eigenvalue weighted by molar-refractivity contribution is 0.271. The number of nitrogens with zero attached hydrogens (tertiary/aromatic N) is 4. The van der Waals surface area contributed by atoms with E-state index < -0.39 is 0 Å². The molecule has 6 nitrogen and oxygen atoms in total. The Balaban J connectivity index is 1.71. The largest absolute Gasteiger partial charge is 0.368 e. The van der Waals surface area contributed by atoms with Crippen molar-refractivity contribution < 1.29 is 0 Å². The zero-order chi connectivity index (χ0) is 17.8. The summed E-state index contributed by atoms with van der Waals surface area (Å²) in [6, 6.07) is 5.92. The monoisotopic (exact) mass is 341 g/mol. The maximum Gasteiger partial charge on any atom is 0.274 e. The Morgan fingerprint density at radius 3 is 2.52 bits per heavy atom. The molecule has 1 N–H and O–H groups in total. The van der Waals surface area contributed by atoms with Crippen LogP contribution in [0.3, 0.4) is 0 Å². The summed E-state index contributed by atoms with van der Waals surface area (Å²) in [7, 11) is 1.78. The third-order valence-corrected chi connectivity index (χ3v) is 4.84. The molecule has 0 amide bonds. The van der Waals surface area contributed by atoms with Crippen molar-refractivity contribution in [2.75, 3.05) is 42.9 Å². The summed E-state index contributed by atoms with van der Waals surface area (Å²) in [4.78, 5) is 21.6. The molecule has 1 aliphatic heterocycles. The van der Waals surface area contributed by atoms with Crippen LogP contribution in [0.1, 0.15) is 19.4 Å². The van der Waals surface area contributed by atoms with Crippen LogP contribution in [0.2, 0.25) is 0 Å². The molecule has 0 spiro atoms. The summed E-state index contributed by atoms with van der Waals surface area (Å²) < 4.78 is 1.61. The molecular weight excluding hydrogens is 314 g/mol. The fraction of sp³-hybridized carbons (Fsp3) is 0.474. The Hall–Kier alpha value is -2.34. The molecule has 1 saturated heterocycles. The number of nitrogens with one attached hydrogen (secondary N) is 1. The van der Waals surface area contributed by atoms with Crippen molar-refractivity contribution in [1.82, 2.24) is 14.5 Å². The van der Waals surface area contributed by atoms with E-state index in [9.17, 15) is 4.79 Å². The van der Waals surface area contributed by atoms with Gasteiger partial charge in [-0.2, -0.15) is 0 Å². The summed E-state index contributed by atoms with van der Waals surface area (Å²) in [6.07, 6.45) is 4.65. The summed E-state index contributed by atoms with van der Waals surface area (Å²) in [5.41, 5.74) is 2.78. The second kappa shape index (κ2) is 7.70. The number of hydrogen-bond acceptors (Lipinski definition) is 5.